The van der Waals surface area contributed by atoms with Crippen molar-refractivity contribution in [1.82, 2.24) is 5.32 Å². The molecule has 27 heavy (non-hydrogen) atoms. The molecule has 0 spiro atoms. The molecule has 0 saturated heterocycles. The third kappa shape index (κ3) is 4.78. The first-order valence-corrected chi connectivity index (χ1v) is 8.93. The average molecular weight is 367 g/mol. The minimum atomic E-state index is -0.905. The number of para-hydroxylation sites is 2. The van der Waals surface area contributed by atoms with Gasteiger partial charge in [0.2, 0.25) is 0 Å². The van der Waals surface area contributed by atoms with Gasteiger partial charge in [0.05, 0.1) is 0 Å². The van der Waals surface area contributed by atoms with Crippen molar-refractivity contribution in [3.8, 4) is 17.7 Å². The van der Waals surface area contributed by atoms with E-state index in [0.717, 1.165) is 5.56 Å². The third-order valence-corrected chi connectivity index (χ3v) is 4.00. The maximum absolute atomic E-state index is 10.7. The molecule has 1 heterocycles. The Morgan fingerprint density at radius 2 is 1.78 bits per heavy atom. The van der Waals surface area contributed by atoms with E-state index in [4.69, 9.17) is 14.7 Å². The summed E-state index contributed by atoms with van der Waals surface area (Å²) in [6, 6.07) is 15.8. The molecular formula is C21H25N3O3. The van der Waals surface area contributed by atoms with Crippen LogP contribution in [0.25, 0.3) is 0 Å². The van der Waals surface area contributed by atoms with E-state index in [1.807, 2.05) is 62.5 Å². The van der Waals surface area contributed by atoms with E-state index in [1.54, 1.807) is 26.0 Å². The highest BCUT2D eigenvalue weighted by molar-refractivity contribution is 5.78. The fourth-order valence-corrected chi connectivity index (χ4v) is 2.71. The van der Waals surface area contributed by atoms with Gasteiger partial charge in [0.15, 0.2) is 6.19 Å². The summed E-state index contributed by atoms with van der Waals surface area (Å²) in [4.78, 5) is 4.47. The van der Waals surface area contributed by atoms with Gasteiger partial charge in [-0.2, -0.15) is 5.26 Å². The Morgan fingerprint density at radius 3 is 2.44 bits per heavy atom. The van der Waals surface area contributed by atoms with Crippen LogP contribution in [0.3, 0.4) is 0 Å². The zero-order valence-corrected chi connectivity index (χ0v) is 16.0. The summed E-state index contributed by atoms with van der Waals surface area (Å²) in [6.45, 7) is 7.59. The van der Waals surface area contributed by atoms with Crippen molar-refractivity contribution in [2.45, 2.75) is 45.4 Å². The molecule has 0 aliphatic carbocycles. The second kappa shape index (κ2) is 9.06. The highest BCUT2D eigenvalue weighted by atomic mass is 16.5. The Balaban J connectivity index is 0.00000126. The van der Waals surface area contributed by atoms with Crippen LogP contribution in [0.1, 0.15) is 39.3 Å². The number of amidine groups is 1. The summed E-state index contributed by atoms with van der Waals surface area (Å²) in [5.74, 6) is 1.20. The number of rotatable bonds is 2. The minimum Gasteiger partial charge on any atom is -0.485 e. The largest absolute Gasteiger partial charge is 0.485 e. The summed E-state index contributed by atoms with van der Waals surface area (Å²) in [7, 11) is 0. The zero-order valence-electron chi connectivity index (χ0n) is 16.0. The molecule has 142 valence electrons. The van der Waals surface area contributed by atoms with Gasteiger partial charge in [-0.1, -0.05) is 50.2 Å². The number of aliphatic hydroxyl groups is 1. The van der Waals surface area contributed by atoms with Crippen LogP contribution in [0.15, 0.2) is 59.6 Å². The van der Waals surface area contributed by atoms with Crippen molar-refractivity contribution in [3.63, 3.8) is 0 Å². The molecule has 6 nitrogen and oxygen atoms in total. The van der Waals surface area contributed by atoms with Crippen LogP contribution in [-0.4, -0.2) is 22.8 Å². The first-order chi connectivity index (χ1) is 13.0. The van der Waals surface area contributed by atoms with E-state index >= 15 is 0 Å². The number of nitrogens with zero attached hydrogens (tertiary/aromatic N) is 2. The lowest BCUT2D eigenvalue weighted by molar-refractivity contribution is -0.0569. The van der Waals surface area contributed by atoms with Gasteiger partial charge >= 0.3 is 6.02 Å². The number of hydrogen-bond acceptors (Lipinski definition) is 5. The van der Waals surface area contributed by atoms with Crippen LogP contribution in [0.5, 0.6) is 11.5 Å². The molecule has 0 bridgehead atoms. The van der Waals surface area contributed by atoms with Crippen molar-refractivity contribution in [3.05, 3.63) is 60.2 Å². The van der Waals surface area contributed by atoms with Crippen LogP contribution in [0.4, 0.5) is 0 Å². The lowest BCUT2D eigenvalue weighted by Gasteiger charge is -2.40. The van der Waals surface area contributed by atoms with E-state index in [-0.39, 0.29) is 6.02 Å². The summed E-state index contributed by atoms with van der Waals surface area (Å²) >= 11 is 0. The molecule has 3 rings (SSSR count). The molecule has 0 fully saturated rings. The number of aliphatic imine (C=N–C) groups is 1. The predicted molar refractivity (Wildman–Crippen MR) is 104 cm³/mol. The Kier molecular flexibility index (Phi) is 6.80. The lowest BCUT2D eigenvalue weighted by Crippen LogP contribution is -2.48. The van der Waals surface area contributed by atoms with Crippen molar-refractivity contribution >= 4 is 6.02 Å². The Hall–Kier alpha value is -3.04. The molecule has 2 aromatic rings. The van der Waals surface area contributed by atoms with Crippen LogP contribution in [-0.2, 0) is 0 Å². The van der Waals surface area contributed by atoms with E-state index < -0.39 is 17.7 Å². The molecule has 2 aromatic carbocycles. The van der Waals surface area contributed by atoms with Gasteiger partial charge in [-0.25, -0.2) is 10.3 Å². The lowest BCUT2D eigenvalue weighted by atomic mass is 9.87. The maximum atomic E-state index is 10.7. The highest BCUT2D eigenvalue weighted by Gasteiger charge is 2.43. The van der Waals surface area contributed by atoms with Crippen LogP contribution < -0.4 is 14.8 Å². The standard InChI is InChI=1S/C19H19N3O3.C2H6/c1-19(2)17(23)16(14-10-6-7-11-15(14)25-19)22-18(21-12-20)24-13-8-4-3-5-9-13;1-2/h3-11,16-17,23H,1-2H3,(H,21,22);1-2H3. The molecule has 0 saturated carbocycles. The van der Waals surface area contributed by atoms with Gasteiger partial charge in [0.25, 0.3) is 0 Å². The number of nitrogens with one attached hydrogen (secondary N) is 1. The number of fused-ring (bicyclic) bond motifs is 1. The first-order valence-electron chi connectivity index (χ1n) is 8.93. The molecule has 0 radical (unpaired) electrons. The number of aliphatic hydroxyl groups excluding tert-OH is 1. The zero-order chi connectivity index (χ0) is 19.9. The van der Waals surface area contributed by atoms with Crippen molar-refractivity contribution in [1.29, 1.82) is 5.26 Å². The van der Waals surface area contributed by atoms with Crippen molar-refractivity contribution < 1.29 is 14.6 Å². The molecule has 1 aliphatic rings. The number of benzene rings is 2. The van der Waals surface area contributed by atoms with Crippen molar-refractivity contribution in [2.24, 2.45) is 4.99 Å². The smallest absolute Gasteiger partial charge is 0.304 e. The Morgan fingerprint density at radius 1 is 1.15 bits per heavy atom. The normalized spacial score (nSPS) is 20.1. The van der Waals surface area contributed by atoms with Crippen LogP contribution in [0, 0.1) is 11.5 Å². The topological polar surface area (TPSA) is 86.9 Å². The van der Waals surface area contributed by atoms with Crippen molar-refractivity contribution in [2.75, 3.05) is 0 Å². The third-order valence-electron chi connectivity index (χ3n) is 4.00. The van der Waals surface area contributed by atoms with E-state index in [9.17, 15) is 5.11 Å². The second-order valence-electron chi connectivity index (χ2n) is 6.22. The summed E-state index contributed by atoms with van der Waals surface area (Å²) in [5, 5.41) is 22.2. The molecular weight excluding hydrogens is 342 g/mol. The molecule has 2 N–H and O–H groups in total. The van der Waals surface area contributed by atoms with Gasteiger partial charge in [0, 0.05) is 5.56 Å². The molecule has 0 amide bonds. The SMILES string of the molecule is CC.CC1(C)Oc2ccccc2C(N=C(NC#N)Oc2ccccc2)C1O. The maximum Gasteiger partial charge on any atom is 0.304 e. The molecule has 2 atom stereocenters. The molecule has 2 unspecified atom stereocenters. The monoisotopic (exact) mass is 367 g/mol. The number of nitriles is 1. The van der Waals surface area contributed by atoms with Gasteiger partial charge in [-0.15, -0.1) is 0 Å². The number of ether oxygens (including phenoxy) is 2. The Bertz CT molecular complexity index is 813. The van der Waals surface area contributed by atoms with Gasteiger partial charge in [-0.05, 0) is 32.0 Å². The molecule has 6 heteroatoms. The van der Waals surface area contributed by atoms with Crippen LogP contribution >= 0.6 is 0 Å². The summed E-state index contributed by atoms with van der Waals surface area (Å²) in [6.07, 6.45) is 0.913. The summed E-state index contributed by atoms with van der Waals surface area (Å²) in [5.41, 5.74) is -0.0873. The van der Waals surface area contributed by atoms with Gasteiger partial charge < -0.3 is 14.6 Å². The van der Waals surface area contributed by atoms with Gasteiger partial charge in [-0.3, -0.25) is 0 Å². The summed E-state index contributed by atoms with van der Waals surface area (Å²) < 4.78 is 11.5. The second-order valence-corrected chi connectivity index (χ2v) is 6.22. The minimum absolute atomic E-state index is 0.0188. The van der Waals surface area contributed by atoms with E-state index in [1.165, 1.54) is 0 Å². The van der Waals surface area contributed by atoms with E-state index in [2.05, 4.69) is 10.3 Å². The fourth-order valence-electron chi connectivity index (χ4n) is 2.71. The quantitative estimate of drug-likeness (QED) is 0.365. The highest BCUT2D eigenvalue weighted by Crippen LogP contribution is 2.41. The van der Waals surface area contributed by atoms with Crippen LogP contribution in [0.2, 0.25) is 0 Å². The Labute approximate surface area is 160 Å². The molecule has 0 aromatic heterocycles. The van der Waals surface area contributed by atoms with Gasteiger partial charge in [0.1, 0.15) is 29.2 Å². The van der Waals surface area contributed by atoms with E-state index in [0.29, 0.717) is 11.5 Å². The average Bonchev–Trinajstić information content (AvgIpc) is 2.67. The first kappa shape index (κ1) is 20.3. The fraction of sp³-hybridized carbons (Fsp3) is 0.333. The number of hydrogen-bond donors (Lipinski definition) is 2. The molecule has 1 aliphatic heterocycles. The predicted octanol–water partition coefficient (Wildman–Crippen LogP) is 3.79.